The van der Waals surface area contributed by atoms with Crippen molar-refractivity contribution in [2.24, 2.45) is 0 Å². The second-order valence-corrected chi connectivity index (χ2v) is 5.93. The quantitative estimate of drug-likeness (QED) is 0.736. The summed E-state index contributed by atoms with van der Waals surface area (Å²) in [6.07, 6.45) is 2.15. The average molecular weight is 353 g/mol. The van der Waals surface area contributed by atoms with Crippen LogP contribution in [0, 0.1) is 13.8 Å². The van der Waals surface area contributed by atoms with Crippen LogP contribution in [0.15, 0.2) is 41.2 Å². The van der Waals surface area contributed by atoms with Gasteiger partial charge in [-0.05, 0) is 44.5 Å². The number of pyridine rings is 2. The van der Waals surface area contributed by atoms with Crippen LogP contribution in [-0.4, -0.2) is 26.3 Å². The number of anilines is 2. The highest BCUT2D eigenvalue weighted by Crippen LogP contribution is 2.38. The summed E-state index contributed by atoms with van der Waals surface area (Å²) in [6.45, 7) is 5.25. The number of nitrogens with two attached hydrogens (primary N) is 1. The predicted molar refractivity (Wildman–Crippen MR) is 96.8 cm³/mol. The minimum atomic E-state index is -1.12. The monoisotopic (exact) mass is 353 g/mol. The molecule has 0 aliphatic heterocycles. The lowest BCUT2D eigenvalue weighted by atomic mass is 10.1. The van der Waals surface area contributed by atoms with Crippen molar-refractivity contribution in [2.45, 2.75) is 26.8 Å². The molecule has 8 nitrogen and oxygen atoms in total. The van der Waals surface area contributed by atoms with Crippen molar-refractivity contribution in [3.8, 4) is 11.5 Å². The molecule has 1 unspecified atom stereocenters. The second kappa shape index (κ2) is 6.83. The third-order valence-electron chi connectivity index (χ3n) is 4.19. The molecule has 134 valence electrons. The molecule has 3 heterocycles. The lowest BCUT2D eigenvalue weighted by Crippen LogP contribution is -2.33. The fourth-order valence-electron chi connectivity index (χ4n) is 2.74. The van der Waals surface area contributed by atoms with E-state index in [1.807, 2.05) is 6.07 Å². The lowest BCUT2D eigenvalue weighted by molar-refractivity contribution is 0.199. The maximum atomic E-state index is 12.1. The standard InChI is InChI=1S/C18H19N5O3/c1-10-14(19)6-7-15(21-10)17-16(11(2)22-26-17)23(18(24)25)12(3)13-5-4-8-20-9-13/h4-9,12H,19H2,1-3H3,(H,24,25). The van der Waals surface area contributed by atoms with E-state index in [1.54, 1.807) is 51.4 Å². The molecule has 0 saturated carbocycles. The van der Waals surface area contributed by atoms with Gasteiger partial charge in [0.25, 0.3) is 0 Å². The molecule has 0 aliphatic carbocycles. The maximum absolute atomic E-state index is 12.1. The normalized spacial score (nSPS) is 12.0. The van der Waals surface area contributed by atoms with E-state index in [4.69, 9.17) is 10.3 Å². The van der Waals surface area contributed by atoms with Crippen LogP contribution < -0.4 is 10.6 Å². The van der Waals surface area contributed by atoms with E-state index in [2.05, 4.69) is 15.1 Å². The van der Waals surface area contributed by atoms with Crippen LogP contribution >= 0.6 is 0 Å². The van der Waals surface area contributed by atoms with Gasteiger partial charge in [-0.3, -0.25) is 9.88 Å². The van der Waals surface area contributed by atoms with Gasteiger partial charge < -0.3 is 15.4 Å². The first kappa shape index (κ1) is 17.4. The van der Waals surface area contributed by atoms with E-state index in [0.717, 1.165) is 5.56 Å². The summed E-state index contributed by atoms with van der Waals surface area (Å²) in [5.74, 6) is 0.281. The summed E-state index contributed by atoms with van der Waals surface area (Å²) in [4.78, 5) is 21.7. The van der Waals surface area contributed by atoms with Gasteiger partial charge in [0.15, 0.2) is 0 Å². The number of nitrogen functional groups attached to an aromatic ring is 1. The van der Waals surface area contributed by atoms with Crippen LogP contribution in [0.2, 0.25) is 0 Å². The number of amides is 1. The van der Waals surface area contributed by atoms with Gasteiger partial charge in [0.05, 0.1) is 17.4 Å². The maximum Gasteiger partial charge on any atom is 0.412 e. The molecule has 26 heavy (non-hydrogen) atoms. The fourth-order valence-corrected chi connectivity index (χ4v) is 2.74. The van der Waals surface area contributed by atoms with Crippen LogP contribution in [0.3, 0.4) is 0 Å². The third-order valence-corrected chi connectivity index (χ3v) is 4.19. The Kier molecular flexibility index (Phi) is 4.57. The molecule has 8 heteroatoms. The van der Waals surface area contributed by atoms with Gasteiger partial charge in [-0.2, -0.15) is 0 Å². The average Bonchev–Trinajstić information content (AvgIpc) is 2.99. The van der Waals surface area contributed by atoms with Gasteiger partial charge in [-0.15, -0.1) is 0 Å². The molecular weight excluding hydrogens is 334 g/mol. The molecule has 0 saturated heterocycles. The van der Waals surface area contributed by atoms with Gasteiger partial charge >= 0.3 is 6.09 Å². The zero-order chi connectivity index (χ0) is 18.8. The predicted octanol–water partition coefficient (Wildman–Crippen LogP) is 3.58. The van der Waals surface area contributed by atoms with E-state index in [0.29, 0.717) is 28.5 Å². The number of aromatic nitrogens is 3. The summed E-state index contributed by atoms with van der Waals surface area (Å²) < 4.78 is 5.42. The number of carboxylic acid groups (broad SMARTS) is 1. The molecule has 3 aromatic rings. The molecule has 0 fully saturated rings. The van der Waals surface area contributed by atoms with Gasteiger partial charge in [0.1, 0.15) is 17.1 Å². The van der Waals surface area contributed by atoms with Crippen molar-refractivity contribution in [3.05, 3.63) is 53.6 Å². The molecular formula is C18H19N5O3. The minimum Gasteiger partial charge on any atom is -0.465 e. The molecule has 1 amide bonds. The zero-order valence-corrected chi connectivity index (χ0v) is 14.7. The molecule has 0 radical (unpaired) electrons. The Morgan fingerprint density at radius 1 is 1.27 bits per heavy atom. The number of aryl methyl sites for hydroxylation is 2. The van der Waals surface area contributed by atoms with E-state index >= 15 is 0 Å². The lowest BCUT2D eigenvalue weighted by Gasteiger charge is -2.26. The van der Waals surface area contributed by atoms with Gasteiger partial charge in [0.2, 0.25) is 5.76 Å². The Labute approximate surface area is 150 Å². The largest absolute Gasteiger partial charge is 0.465 e. The van der Waals surface area contributed by atoms with Crippen molar-refractivity contribution in [1.29, 1.82) is 0 Å². The number of nitrogens with zero attached hydrogens (tertiary/aromatic N) is 4. The SMILES string of the molecule is Cc1nc(-c2onc(C)c2N(C(=O)O)C(C)c2cccnc2)ccc1N. The summed E-state index contributed by atoms with van der Waals surface area (Å²) in [5, 5.41) is 13.8. The van der Waals surface area contributed by atoms with Crippen molar-refractivity contribution in [1.82, 2.24) is 15.1 Å². The topological polar surface area (TPSA) is 118 Å². The van der Waals surface area contributed by atoms with Crippen molar-refractivity contribution in [2.75, 3.05) is 10.6 Å². The molecule has 1 atom stereocenters. The molecule has 0 spiro atoms. The van der Waals surface area contributed by atoms with Crippen molar-refractivity contribution < 1.29 is 14.4 Å². The van der Waals surface area contributed by atoms with Crippen LogP contribution in [0.5, 0.6) is 0 Å². The van der Waals surface area contributed by atoms with E-state index in [9.17, 15) is 9.90 Å². The van der Waals surface area contributed by atoms with Crippen LogP contribution in [0.1, 0.15) is 29.9 Å². The fraction of sp³-hybridized carbons (Fsp3) is 0.222. The molecule has 0 aromatic carbocycles. The van der Waals surface area contributed by atoms with Crippen LogP contribution in [0.4, 0.5) is 16.2 Å². The van der Waals surface area contributed by atoms with Crippen molar-refractivity contribution >= 4 is 17.5 Å². The van der Waals surface area contributed by atoms with Gasteiger partial charge in [0, 0.05) is 12.4 Å². The van der Waals surface area contributed by atoms with Crippen molar-refractivity contribution in [3.63, 3.8) is 0 Å². The zero-order valence-electron chi connectivity index (χ0n) is 14.7. The van der Waals surface area contributed by atoms with Gasteiger partial charge in [-0.25, -0.2) is 9.78 Å². The highest BCUT2D eigenvalue weighted by Gasteiger charge is 2.31. The number of carbonyl (C=O) groups is 1. The van der Waals surface area contributed by atoms with E-state index < -0.39 is 12.1 Å². The van der Waals surface area contributed by atoms with E-state index in [1.165, 1.54) is 4.90 Å². The van der Waals surface area contributed by atoms with Gasteiger partial charge in [-0.1, -0.05) is 11.2 Å². The molecule has 3 rings (SSSR count). The summed E-state index contributed by atoms with van der Waals surface area (Å²) >= 11 is 0. The first-order valence-electron chi connectivity index (χ1n) is 8.02. The molecule has 3 aromatic heterocycles. The van der Waals surface area contributed by atoms with Crippen LogP contribution in [0.25, 0.3) is 11.5 Å². The smallest absolute Gasteiger partial charge is 0.412 e. The molecule has 0 aliphatic rings. The first-order valence-corrected chi connectivity index (χ1v) is 8.02. The summed E-state index contributed by atoms with van der Waals surface area (Å²) in [6, 6.07) is 6.47. The first-order chi connectivity index (χ1) is 12.4. The Hall–Kier alpha value is -3.42. The molecule has 3 N–H and O–H groups in total. The summed E-state index contributed by atoms with van der Waals surface area (Å²) in [5.41, 5.74) is 9.03. The number of hydrogen-bond acceptors (Lipinski definition) is 6. The highest BCUT2D eigenvalue weighted by molar-refractivity contribution is 5.92. The highest BCUT2D eigenvalue weighted by atomic mass is 16.5. The Morgan fingerprint density at radius 3 is 2.65 bits per heavy atom. The molecule has 0 bridgehead atoms. The van der Waals surface area contributed by atoms with Crippen LogP contribution in [-0.2, 0) is 0 Å². The second-order valence-electron chi connectivity index (χ2n) is 5.93. The Morgan fingerprint density at radius 2 is 2.04 bits per heavy atom. The summed E-state index contributed by atoms with van der Waals surface area (Å²) in [7, 11) is 0. The van der Waals surface area contributed by atoms with E-state index in [-0.39, 0.29) is 5.76 Å². The Bertz CT molecular complexity index is 939. The number of rotatable bonds is 4. The Balaban J connectivity index is 2.13. The minimum absolute atomic E-state index is 0.281. The number of hydrogen-bond donors (Lipinski definition) is 2. The third kappa shape index (κ3) is 3.08.